The van der Waals surface area contributed by atoms with Crippen LogP contribution in [0.2, 0.25) is 0 Å². The van der Waals surface area contributed by atoms with E-state index in [0.29, 0.717) is 0 Å². The highest BCUT2D eigenvalue weighted by molar-refractivity contribution is 9.10. The molecule has 0 radical (unpaired) electrons. The fourth-order valence-corrected chi connectivity index (χ4v) is 2.40. The molecular weight excluding hydrogens is 344 g/mol. The SMILES string of the molecule is Cc1ccc(OCNC(=O)Nc2ccc(Br)cc2C)cc1C. The number of aryl methyl sites for hydroxylation is 3. The third kappa shape index (κ3) is 4.49. The molecule has 0 saturated heterocycles. The van der Waals surface area contributed by atoms with E-state index in [0.717, 1.165) is 27.0 Å². The molecule has 2 N–H and O–H groups in total. The van der Waals surface area contributed by atoms with E-state index in [2.05, 4.69) is 26.6 Å². The molecule has 4 nitrogen and oxygen atoms in total. The Bertz CT molecular complexity index is 686. The van der Waals surface area contributed by atoms with Crippen LogP contribution in [0.15, 0.2) is 40.9 Å². The van der Waals surface area contributed by atoms with Gasteiger partial charge in [-0.05, 0) is 67.8 Å². The summed E-state index contributed by atoms with van der Waals surface area (Å²) in [5.74, 6) is 0.739. The molecular formula is C17H19BrN2O2. The summed E-state index contributed by atoms with van der Waals surface area (Å²) < 4.78 is 6.50. The zero-order valence-corrected chi connectivity index (χ0v) is 14.5. The van der Waals surface area contributed by atoms with Crippen molar-refractivity contribution in [3.63, 3.8) is 0 Å². The minimum atomic E-state index is -0.297. The van der Waals surface area contributed by atoms with Gasteiger partial charge in [-0.1, -0.05) is 22.0 Å². The number of amides is 2. The third-order valence-electron chi connectivity index (χ3n) is 3.39. The Morgan fingerprint density at radius 3 is 2.50 bits per heavy atom. The second-order valence-electron chi connectivity index (χ2n) is 5.12. The molecule has 2 aromatic carbocycles. The minimum absolute atomic E-state index is 0.115. The van der Waals surface area contributed by atoms with E-state index in [1.165, 1.54) is 5.56 Å². The van der Waals surface area contributed by atoms with Crippen molar-refractivity contribution in [2.75, 3.05) is 12.0 Å². The van der Waals surface area contributed by atoms with Gasteiger partial charge < -0.3 is 15.4 Å². The molecule has 116 valence electrons. The largest absolute Gasteiger partial charge is 0.473 e. The van der Waals surface area contributed by atoms with E-state index in [-0.39, 0.29) is 12.8 Å². The first-order chi connectivity index (χ1) is 10.5. The zero-order chi connectivity index (χ0) is 16.1. The van der Waals surface area contributed by atoms with Gasteiger partial charge in [0.25, 0.3) is 0 Å². The molecule has 0 fully saturated rings. The van der Waals surface area contributed by atoms with Crippen LogP contribution >= 0.6 is 15.9 Å². The molecule has 0 heterocycles. The van der Waals surface area contributed by atoms with Crippen LogP contribution in [0.1, 0.15) is 16.7 Å². The van der Waals surface area contributed by atoms with Gasteiger partial charge in [0.1, 0.15) is 5.75 Å². The van der Waals surface area contributed by atoms with Crippen molar-refractivity contribution in [2.45, 2.75) is 20.8 Å². The zero-order valence-electron chi connectivity index (χ0n) is 12.9. The molecule has 0 aliphatic heterocycles. The summed E-state index contributed by atoms with van der Waals surface area (Å²) in [7, 11) is 0. The number of rotatable bonds is 4. The number of carbonyl (C=O) groups is 1. The third-order valence-corrected chi connectivity index (χ3v) is 3.88. The summed E-state index contributed by atoms with van der Waals surface area (Å²) >= 11 is 3.39. The Hall–Kier alpha value is -2.01. The van der Waals surface area contributed by atoms with Gasteiger partial charge in [-0.2, -0.15) is 0 Å². The van der Waals surface area contributed by atoms with Crippen molar-refractivity contribution < 1.29 is 9.53 Å². The number of ether oxygens (including phenoxy) is 1. The maximum atomic E-state index is 11.8. The van der Waals surface area contributed by atoms with Gasteiger partial charge in [0, 0.05) is 10.2 Å². The summed E-state index contributed by atoms with van der Waals surface area (Å²) in [6, 6.07) is 11.2. The normalized spacial score (nSPS) is 10.2. The lowest BCUT2D eigenvalue weighted by molar-refractivity contribution is 0.234. The maximum Gasteiger partial charge on any atom is 0.321 e. The number of halogens is 1. The molecule has 0 aliphatic carbocycles. The van der Waals surface area contributed by atoms with Crippen LogP contribution in [0.25, 0.3) is 0 Å². The van der Waals surface area contributed by atoms with E-state index in [9.17, 15) is 4.79 Å². The summed E-state index contributed by atoms with van der Waals surface area (Å²) in [6.45, 7) is 6.12. The molecule has 0 spiro atoms. The molecule has 2 rings (SSSR count). The van der Waals surface area contributed by atoms with Gasteiger partial charge >= 0.3 is 6.03 Å². The molecule has 22 heavy (non-hydrogen) atoms. The van der Waals surface area contributed by atoms with Crippen LogP contribution < -0.4 is 15.4 Å². The van der Waals surface area contributed by atoms with E-state index in [1.54, 1.807) is 0 Å². The van der Waals surface area contributed by atoms with Crippen LogP contribution in [-0.4, -0.2) is 12.8 Å². The van der Waals surface area contributed by atoms with Crippen molar-refractivity contribution >= 4 is 27.6 Å². The standard InChI is InChI=1S/C17H19BrN2O2/c1-11-4-6-15(9-12(11)2)22-10-19-17(21)20-16-7-5-14(18)8-13(16)3/h4-9H,10H2,1-3H3,(H2,19,20,21). The molecule has 0 atom stereocenters. The number of urea groups is 1. The topological polar surface area (TPSA) is 50.4 Å². The molecule has 2 aromatic rings. The fourth-order valence-electron chi connectivity index (χ4n) is 1.92. The molecule has 5 heteroatoms. The highest BCUT2D eigenvalue weighted by Gasteiger charge is 2.05. The Balaban J connectivity index is 1.83. The predicted molar refractivity (Wildman–Crippen MR) is 92.4 cm³/mol. The summed E-state index contributed by atoms with van der Waals surface area (Å²) in [5.41, 5.74) is 4.13. The van der Waals surface area contributed by atoms with Gasteiger partial charge in [-0.3, -0.25) is 0 Å². The average Bonchev–Trinajstić information content (AvgIpc) is 2.46. The quantitative estimate of drug-likeness (QED) is 0.784. The fraction of sp³-hybridized carbons (Fsp3) is 0.235. The van der Waals surface area contributed by atoms with E-state index < -0.39 is 0 Å². The first kappa shape index (κ1) is 16.4. The van der Waals surface area contributed by atoms with Crippen LogP contribution in [0.4, 0.5) is 10.5 Å². The summed E-state index contributed by atoms with van der Waals surface area (Å²) in [6.07, 6.45) is 0. The number of hydrogen-bond acceptors (Lipinski definition) is 2. The Morgan fingerprint density at radius 2 is 1.82 bits per heavy atom. The van der Waals surface area contributed by atoms with Crippen molar-refractivity contribution in [3.05, 3.63) is 57.6 Å². The number of carbonyl (C=O) groups excluding carboxylic acids is 1. The van der Waals surface area contributed by atoms with Crippen molar-refractivity contribution in [1.82, 2.24) is 5.32 Å². The lowest BCUT2D eigenvalue weighted by Gasteiger charge is -2.12. The van der Waals surface area contributed by atoms with Gasteiger partial charge in [0.2, 0.25) is 0 Å². The Labute approximate surface area is 139 Å². The number of hydrogen-bond donors (Lipinski definition) is 2. The molecule has 2 amide bonds. The second-order valence-corrected chi connectivity index (χ2v) is 6.04. The first-order valence-corrected chi connectivity index (χ1v) is 7.76. The van der Waals surface area contributed by atoms with Gasteiger partial charge in [-0.25, -0.2) is 4.79 Å². The second kappa shape index (κ2) is 7.31. The molecule has 0 aromatic heterocycles. The minimum Gasteiger partial charge on any atom is -0.473 e. The smallest absolute Gasteiger partial charge is 0.321 e. The van der Waals surface area contributed by atoms with Crippen molar-refractivity contribution in [3.8, 4) is 5.75 Å². The average molecular weight is 363 g/mol. The van der Waals surface area contributed by atoms with Crippen LogP contribution in [0.3, 0.4) is 0 Å². The molecule has 0 bridgehead atoms. The lowest BCUT2D eigenvalue weighted by atomic mass is 10.1. The number of nitrogens with one attached hydrogen (secondary N) is 2. The Kier molecular flexibility index (Phi) is 5.44. The number of benzene rings is 2. The summed E-state index contributed by atoms with van der Waals surface area (Å²) in [5, 5.41) is 5.46. The lowest BCUT2D eigenvalue weighted by Crippen LogP contribution is -2.32. The van der Waals surface area contributed by atoms with E-state index in [1.807, 2.05) is 57.2 Å². The predicted octanol–water partition coefficient (Wildman–Crippen LogP) is 4.53. The van der Waals surface area contributed by atoms with Crippen molar-refractivity contribution in [2.24, 2.45) is 0 Å². The van der Waals surface area contributed by atoms with E-state index in [4.69, 9.17) is 4.74 Å². The van der Waals surface area contributed by atoms with Crippen LogP contribution in [0.5, 0.6) is 5.75 Å². The monoisotopic (exact) mass is 362 g/mol. The highest BCUT2D eigenvalue weighted by Crippen LogP contribution is 2.20. The maximum absolute atomic E-state index is 11.8. The molecule has 0 aliphatic rings. The van der Waals surface area contributed by atoms with Crippen LogP contribution in [0, 0.1) is 20.8 Å². The first-order valence-electron chi connectivity index (χ1n) is 6.97. The van der Waals surface area contributed by atoms with Gasteiger partial charge in [0.15, 0.2) is 6.73 Å². The molecule has 0 unspecified atom stereocenters. The summed E-state index contributed by atoms with van der Waals surface area (Å²) in [4.78, 5) is 11.8. The van der Waals surface area contributed by atoms with Gasteiger partial charge in [0.05, 0.1) is 0 Å². The molecule has 0 saturated carbocycles. The van der Waals surface area contributed by atoms with E-state index >= 15 is 0 Å². The van der Waals surface area contributed by atoms with Crippen molar-refractivity contribution in [1.29, 1.82) is 0 Å². The number of anilines is 1. The highest BCUT2D eigenvalue weighted by atomic mass is 79.9. The van der Waals surface area contributed by atoms with Crippen LogP contribution in [-0.2, 0) is 0 Å². The Morgan fingerprint density at radius 1 is 1.05 bits per heavy atom. The van der Waals surface area contributed by atoms with Gasteiger partial charge in [-0.15, -0.1) is 0 Å².